The van der Waals surface area contributed by atoms with Gasteiger partial charge in [0.1, 0.15) is 6.29 Å². The number of rotatable bonds is 4. The summed E-state index contributed by atoms with van der Waals surface area (Å²) in [5.74, 6) is 0. The van der Waals surface area contributed by atoms with E-state index in [0.29, 0.717) is 6.04 Å². The van der Waals surface area contributed by atoms with E-state index in [9.17, 15) is 4.79 Å². The highest BCUT2D eigenvalue weighted by atomic mass is 16.1. The fourth-order valence-electron chi connectivity index (χ4n) is 1.85. The van der Waals surface area contributed by atoms with E-state index in [2.05, 4.69) is 11.8 Å². The maximum Gasteiger partial charge on any atom is 0.120 e. The topological polar surface area (TPSA) is 20.3 Å². The molecule has 1 fully saturated rings. The van der Waals surface area contributed by atoms with E-state index in [1.165, 1.54) is 32.4 Å². The van der Waals surface area contributed by atoms with E-state index < -0.39 is 0 Å². The number of carbonyl (C=O) groups is 1. The van der Waals surface area contributed by atoms with Gasteiger partial charge in [-0.2, -0.15) is 0 Å². The van der Waals surface area contributed by atoms with Crippen LogP contribution in [0.2, 0.25) is 0 Å². The van der Waals surface area contributed by atoms with Crippen molar-refractivity contribution < 1.29 is 4.79 Å². The number of aldehydes is 1. The standard InChI is InChI=1S/C10H19NO/c1-10(6-5-9-12)11-7-3-2-4-8-11/h9-10H,2-8H2,1H3. The van der Waals surface area contributed by atoms with Gasteiger partial charge >= 0.3 is 0 Å². The zero-order valence-corrected chi connectivity index (χ0v) is 7.96. The van der Waals surface area contributed by atoms with E-state index in [0.717, 1.165) is 19.1 Å². The Morgan fingerprint density at radius 3 is 2.58 bits per heavy atom. The molecule has 0 aromatic carbocycles. The van der Waals surface area contributed by atoms with Gasteiger partial charge in [-0.3, -0.25) is 0 Å². The van der Waals surface area contributed by atoms with Crippen molar-refractivity contribution in [2.75, 3.05) is 13.1 Å². The van der Waals surface area contributed by atoms with Gasteiger partial charge in [0.15, 0.2) is 0 Å². The SMILES string of the molecule is CC(CCC=O)N1CCCCC1. The van der Waals surface area contributed by atoms with E-state index in [4.69, 9.17) is 0 Å². The monoisotopic (exact) mass is 169 g/mol. The second kappa shape index (κ2) is 5.31. The Labute approximate surface area is 74.9 Å². The van der Waals surface area contributed by atoms with Crippen LogP contribution in [0.15, 0.2) is 0 Å². The smallest absolute Gasteiger partial charge is 0.120 e. The van der Waals surface area contributed by atoms with Crippen LogP contribution in [0.3, 0.4) is 0 Å². The Bertz CT molecular complexity index is 130. The molecule has 0 saturated carbocycles. The van der Waals surface area contributed by atoms with Crippen molar-refractivity contribution >= 4 is 6.29 Å². The molecular formula is C10H19NO. The lowest BCUT2D eigenvalue weighted by Gasteiger charge is -2.32. The first-order valence-electron chi connectivity index (χ1n) is 5.02. The van der Waals surface area contributed by atoms with Crippen molar-refractivity contribution in [2.45, 2.75) is 45.1 Å². The minimum atomic E-state index is 0.607. The van der Waals surface area contributed by atoms with Crippen LogP contribution in [0.4, 0.5) is 0 Å². The third kappa shape index (κ3) is 2.94. The van der Waals surface area contributed by atoms with Gasteiger partial charge in [0.05, 0.1) is 0 Å². The van der Waals surface area contributed by atoms with Crippen molar-refractivity contribution in [1.29, 1.82) is 0 Å². The average molecular weight is 169 g/mol. The summed E-state index contributed by atoms with van der Waals surface area (Å²) in [6, 6.07) is 0.607. The lowest BCUT2D eigenvalue weighted by atomic mass is 10.1. The van der Waals surface area contributed by atoms with Crippen molar-refractivity contribution in [3.8, 4) is 0 Å². The molecule has 2 heteroatoms. The Morgan fingerprint density at radius 2 is 2.00 bits per heavy atom. The molecule has 1 aliphatic rings. The average Bonchev–Trinajstić information content (AvgIpc) is 2.15. The van der Waals surface area contributed by atoms with Crippen LogP contribution in [0.5, 0.6) is 0 Å². The largest absolute Gasteiger partial charge is 0.303 e. The Morgan fingerprint density at radius 1 is 1.33 bits per heavy atom. The molecule has 1 saturated heterocycles. The highest BCUT2D eigenvalue weighted by molar-refractivity contribution is 5.49. The zero-order valence-electron chi connectivity index (χ0n) is 7.96. The molecule has 70 valence electrons. The first-order chi connectivity index (χ1) is 5.84. The lowest BCUT2D eigenvalue weighted by molar-refractivity contribution is -0.108. The highest BCUT2D eigenvalue weighted by Crippen LogP contribution is 2.14. The summed E-state index contributed by atoms with van der Waals surface area (Å²) in [5, 5.41) is 0. The van der Waals surface area contributed by atoms with Crippen LogP contribution >= 0.6 is 0 Å². The maximum absolute atomic E-state index is 10.2. The van der Waals surface area contributed by atoms with Crippen molar-refractivity contribution in [1.82, 2.24) is 4.90 Å². The van der Waals surface area contributed by atoms with Gasteiger partial charge < -0.3 is 9.69 Å². The maximum atomic E-state index is 10.2. The minimum absolute atomic E-state index is 0.607. The summed E-state index contributed by atoms with van der Waals surface area (Å²) in [5.41, 5.74) is 0. The summed E-state index contributed by atoms with van der Waals surface area (Å²) in [6.07, 6.45) is 6.84. The van der Waals surface area contributed by atoms with Crippen LogP contribution < -0.4 is 0 Å². The Balaban J connectivity index is 2.19. The molecule has 0 spiro atoms. The van der Waals surface area contributed by atoms with Gasteiger partial charge in [0.2, 0.25) is 0 Å². The summed E-state index contributed by atoms with van der Waals surface area (Å²) in [7, 11) is 0. The van der Waals surface area contributed by atoms with Crippen LogP contribution in [0.1, 0.15) is 39.0 Å². The van der Waals surface area contributed by atoms with E-state index in [1.807, 2.05) is 0 Å². The van der Waals surface area contributed by atoms with E-state index in [-0.39, 0.29) is 0 Å². The van der Waals surface area contributed by atoms with Gasteiger partial charge in [-0.05, 0) is 39.3 Å². The van der Waals surface area contributed by atoms with E-state index in [1.54, 1.807) is 0 Å². The number of likely N-dealkylation sites (tertiary alicyclic amines) is 1. The summed E-state index contributed by atoms with van der Waals surface area (Å²) in [4.78, 5) is 12.7. The molecule has 1 aliphatic heterocycles. The molecule has 1 unspecified atom stereocenters. The van der Waals surface area contributed by atoms with Crippen molar-refractivity contribution in [3.05, 3.63) is 0 Å². The van der Waals surface area contributed by atoms with Gasteiger partial charge in [-0.25, -0.2) is 0 Å². The van der Waals surface area contributed by atoms with Crippen molar-refractivity contribution in [2.24, 2.45) is 0 Å². The third-order valence-electron chi connectivity index (χ3n) is 2.72. The molecule has 1 heterocycles. The fraction of sp³-hybridized carbons (Fsp3) is 0.900. The molecule has 2 nitrogen and oxygen atoms in total. The van der Waals surface area contributed by atoms with Crippen LogP contribution in [-0.4, -0.2) is 30.3 Å². The van der Waals surface area contributed by atoms with Crippen LogP contribution in [0.25, 0.3) is 0 Å². The second-order valence-electron chi connectivity index (χ2n) is 3.69. The highest BCUT2D eigenvalue weighted by Gasteiger charge is 2.15. The number of hydrogen-bond acceptors (Lipinski definition) is 2. The molecule has 1 rings (SSSR count). The Hall–Kier alpha value is -0.370. The second-order valence-corrected chi connectivity index (χ2v) is 3.69. The molecule has 0 aromatic heterocycles. The molecule has 0 bridgehead atoms. The van der Waals surface area contributed by atoms with E-state index >= 15 is 0 Å². The molecule has 0 N–H and O–H groups in total. The summed E-state index contributed by atoms with van der Waals surface area (Å²) >= 11 is 0. The van der Waals surface area contributed by atoms with Gasteiger partial charge in [-0.1, -0.05) is 6.42 Å². The first kappa shape index (κ1) is 9.72. The quantitative estimate of drug-likeness (QED) is 0.598. The molecule has 12 heavy (non-hydrogen) atoms. The number of hydrogen-bond donors (Lipinski definition) is 0. The fourth-order valence-corrected chi connectivity index (χ4v) is 1.85. The van der Waals surface area contributed by atoms with Crippen molar-refractivity contribution in [3.63, 3.8) is 0 Å². The Kier molecular flexibility index (Phi) is 4.30. The molecule has 1 atom stereocenters. The van der Waals surface area contributed by atoms with Crippen LogP contribution in [0, 0.1) is 0 Å². The van der Waals surface area contributed by atoms with Gasteiger partial charge in [0, 0.05) is 12.5 Å². The normalized spacial score (nSPS) is 22.1. The molecule has 0 radical (unpaired) electrons. The molecule has 0 aromatic rings. The van der Waals surface area contributed by atoms with Gasteiger partial charge in [0.25, 0.3) is 0 Å². The van der Waals surface area contributed by atoms with Gasteiger partial charge in [-0.15, -0.1) is 0 Å². The number of carbonyl (C=O) groups excluding carboxylic acids is 1. The molecule has 0 amide bonds. The minimum Gasteiger partial charge on any atom is -0.303 e. The zero-order chi connectivity index (χ0) is 8.81. The molecular weight excluding hydrogens is 150 g/mol. The molecule has 0 aliphatic carbocycles. The number of piperidine rings is 1. The first-order valence-corrected chi connectivity index (χ1v) is 5.02. The third-order valence-corrected chi connectivity index (χ3v) is 2.72. The lowest BCUT2D eigenvalue weighted by Crippen LogP contribution is -2.37. The summed E-state index contributed by atoms with van der Waals surface area (Å²) in [6.45, 7) is 4.70. The predicted octanol–water partition coefficient (Wildman–Crippen LogP) is 1.84. The number of nitrogens with zero attached hydrogens (tertiary/aromatic N) is 1. The van der Waals surface area contributed by atoms with Crippen LogP contribution in [-0.2, 0) is 4.79 Å². The predicted molar refractivity (Wildman–Crippen MR) is 50.2 cm³/mol. The summed E-state index contributed by atoms with van der Waals surface area (Å²) < 4.78 is 0.